The minimum atomic E-state index is -0.213. The third kappa shape index (κ3) is 4.10. The van der Waals surface area contributed by atoms with Gasteiger partial charge in [0.15, 0.2) is 0 Å². The Morgan fingerprint density at radius 1 is 1.40 bits per heavy atom. The Morgan fingerprint density at radius 2 is 2.10 bits per heavy atom. The van der Waals surface area contributed by atoms with Gasteiger partial charge >= 0.3 is 0 Å². The average Bonchev–Trinajstić information content (AvgIpc) is 2.39. The van der Waals surface area contributed by atoms with Crippen molar-refractivity contribution in [2.45, 2.75) is 13.0 Å². The summed E-state index contributed by atoms with van der Waals surface area (Å²) in [6, 6.07) is 4.93. The summed E-state index contributed by atoms with van der Waals surface area (Å²) < 4.78 is 10.2. The summed E-state index contributed by atoms with van der Waals surface area (Å²) in [5.41, 5.74) is 6.57. The van der Waals surface area contributed by atoms with Crippen LogP contribution < -0.4 is 5.73 Å². The van der Waals surface area contributed by atoms with Crippen molar-refractivity contribution in [2.75, 3.05) is 39.7 Å². The van der Waals surface area contributed by atoms with Crippen LogP contribution in [0, 0.1) is 0 Å². The van der Waals surface area contributed by atoms with Crippen LogP contribution in [0.1, 0.15) is 17.3 Å². The van der Waals surface area contributed by atoms with Crippen molar-refractivity contribution in [1.29, 1.82) is 0 Å². The van der Waals surface area contributed by atoms with Crippen molar-refractivity contribution >= 4 is 23.2 Å². The van der Waals surface area contributed by atoms with E-state index in [0.717, 1.165) is 0 Å². The number of hydrogen-bond acceptors (Lipinski definition) is 4. The van der Waals surface area contributed by atoms with Gasteiger partial charge in [0.1, 0.15) is 0 Å². The lowest BCUT2D eigenvalue weighted by molar-refractivity contribution is 0.0480. The highest BCUT2D eigenvalue weighted by Gasteiger charge is 2.24. The van der Waals surface area contributed by atoms with Crippen LogP contribution in [0.2, 0.25) is 5.02 Å². The lowest BCUT2D eigenvalue weighted by Crippen LogP contribution is -2.43. The first kappa shape index (κ1) is 16.8. The Bertz CT molecular complexity index is 434. The molecule has 0 aliphatic carbocycles. The Labute approximate surface area is 124 Å². The van der Waals surface area contributed by atoms with Crippen LogP contribution in [-0.4, -0.2) is 50.8 Å². The Hall–Kier alpha value is -1.30. The molecule has 20 heavy (non-hydrogen) atoms. The van der Waals surface area contributed by atoms with Gasteiger partial charge in [-0.25, -0.2) is 0 Å². The average molecular weight is 301 g/mol. The van der Waals surface area contributed by atoms with Crippen molar-refractivity contribution in [2.24, 2.45) is 0 Å². The predicted molar refractivity (Wildman–Crippen MR) is 80.1 cm³/mol. The summed E-state index contributed by atoms with van der Waals surface area (Å²) in [5.74, 6) is -0.213. The third-order valence-corrected chi connectivity index (χ3v) is 3.31. The summed E-state index contributed by atoms with van der Waals surface area (Å²) in [4.78, 5) is 14.3. The van der Waals surface area contributed by atoms with E-state index in [1.165, 1.54) is 0 Å². The molecule has 1 unspecified atom stereocenters. The lowest BCUT2D eigenvalue weighted by atomic mass is 10.1. The fraction of sp³-hybridized carbons (Fsp3) is 0.500. The van der Waals surface area contributed by atoms with Crippen LogP contribution in [0.5, 0.6) is 0 Å². The second-order valence-corrected chi connectivity index (χ2v) is 4.91. The molecule has 0 fully saturated rings. The number of carbonyl (C=O) groups is 1. The number of nitrogens with zero attached hydrogens (tertiary/aromatic N) is 1. The fourth-order valence-electron chi connectivity index (χ4n) is 1.95. The van der Waals surface area contributed by atoms with Crippen molar-refractivity contribution in [3.8, 4) is 0 Å². The summed E-state index contributed by atoms with van der Waals surface area (Å²) >= 11 is 6.09. The van der Waals surface area contributed by atoms with Crippen LogP contribution >= 0.6 is 11.6 Å². The third-order valence-electron chi connectivity index (χ3n) is 3.00. The maximum absolute atomic E-state index is 12.7. The number of benzene rings is 1. The Morgan fingerprint density at radius 3 is 2.65 bits per heavy atom. The molecular weight excluding hydrogens is 280 g/mol. The zero-order chi connectivity index (χ0) is 15.1. The van der Waals surface area contributed by atoms with Crippen LogP contribution in [0.15, 0.2) is 18.2 Å². The smallest absolute Gasteiger partial charge is 0.257 e. The second kappa shape index (κ2) is 8.09. The molecular formula is C14H21ClN2O3. The second-order valence-electron chi connectivity index (χ2n) is 4.50. The molecule has 5 nitrogen and oxygen atoms in total. The normalized spacial score (nSPS) is 12.2. The molecule has 1 atom stereocenters. The van der Waals surface area contributed by atoms with Gasteiger partial charge in [0.2, 0.25) is 0 Å². The van der Waals surface area contributed by atoms with Crippen molar-refractivity contribution in [1.82, 2.24) is 4.90 Å². The standard InChI is InChI=1S/C14H21ClN2O3/c1-10(9-20-3)17(7-8-19-2)14(18)13-11(15)5-4-6-12(13)16/h4-6,10H,7-9,16H2,1-3H3. The van der Waals surface area contributed by atoms with Crippen LogP contribution in [0.4, 0.5) is 5.69 Å². The minimum Gasteiger partial charge on any atom is -0.398 e. The number of carbonyl (C=O) groups excluding carboxylic acids is 1. The fourth-order valence-corrected chi connectivity index (χ4v) is 2.22. The van der Waals surface area contributed by atoms with Crippen LogP contribution in [0.25, 0.3) is 0 Å². The first-order valence-corrected chi connectivity index (χ1v) is 6.73. The molecule has 1 amide bonds. The quantitative estimate of drug-likeness (QED) is 0.783. The topological polar surface area (TPSA) is 64.8 Å². The number of nitrogens with two attached hydrogens (primary N) is 1. The highest BCUT2D eigenvalue weighted by molar-refractivity contribution is 6.34. The van der Waals surface area contributed by atoms with Gasteiger partial charge in [-0.05, 0) is 19.1 Å². The molecule has 0 aliphatic heterocycles. The van der Waals surface area contributed by atoms with Gasteiger partial charge in [-0.2, -0.15) is 0 Å². The van der Waals surface area contributed by atoms with E-state index >= 15 is 0 Å². The van der Waals surface area contributed by atoms with E-state index in [1.807, 2.05) is 6.92 Å². The largest absolute Gasteiger partial charge is 0.398 e. The summed E-state index contributed by atoms with van der Waals surface area (Å²) in [7, 11) is 3.19. The zero-order valence-electron chi connectivity index (χ0n) is 12.1. The highest BCUT2D eigenvalue weighted by Crippen LogP contribution is 2.24. The van der Waals surface area contributed by atoms with E-state index in [4.69, 9.17) is 26.8 Å². The number of methoxy groups -OCH3 is 2. The van der Waals surface area contributed by atoms with Crippen LogP contribution in [0.3, 0.4) is 0 Å². The molecule has 0 bridgehead atoms. The van der Waals surface area contributed by atoms with Crippen molar-refractivity contribution in [3.63, 3.8) is 0 Å². The zero-order valence-corrected chi connectivity index (χ0v) is 12.8. The van der Waals surface area contributed by atoms with Gasteiger partial charge < -0.3 is 20.1 Å². The van der Waals surface area contributed by atoms with Crippen molar-refractivity contribution in [3.05, 3.63) is 28.8 Å². The van der Waals surface area contributed by atoms with E-state index in [1.54, 1.807) is 37.3 Å². The van der Waals surface area contributed by atoms with E-state index in [0.29, 0.717) is 36.0 Å². The predicted octanol–water partition coefficient (Wildman–Crippen LogP) is 2.05. The van der Waals surface area contributed by atoms with E-state index < -0.39 is 0 Å². The molecule has 0 aliphatic rings. The molecule has 0 aromatic heterocycles. The molecule has 0 spiro atoms. The van der Waals surface area contributed by atoms with Crippen molar-refractivity contribution < 1.29 is 14.3 Å². The summed E-state index contributed by atoms with van der Waals surface area (Å²) in [6.45, 7) is 3.22. The van der Waals surface area contributed by atoms with E-state index in [-0.39, 0.29) is 11.9 Å². The number of rotatable bonds is 7. The van der Waals surface area contributed by atoms with Crippen LogP contribution in [-0.2, 0) is 9.47 Å². The van der Waals surface area contributed by atoms with Gasteiger partial charge in [-0.1, -0.05) is 17.7 Å². The maximum Gasteiger partial charge on any atom is 0.257 e. The molecule has 1 rings (SSSR count). The molecule has 0 heterocycles. The SMILES string of the molecule is COCCN(C(=O)c1c(N)cccc1Cl)C(C)COC. The number of hydrogen-bond donors (Lipinski definition) is 1. The summed E-state index contributed by atoms with van der Waals surface area (Å²) in [6.07, 6.45) is 0. The molecule has 0 radical (unpaired) electrons. The van der Waals surface area contributed by atoms with E-state index in [9.17, 15) is 4.79 Å². The Balaban J connectivity index is 3.03. The molecule has 1 aromatic carbocycles. The maximum atomic E-state index is 12.7. The van der Waals surface area contributed by atoms with Gasteiger partial charge in [-0.15, -0.1) is 0 Å². The number of halogens is 1. The molecule has 0 saturated heterocycles. The van der Waals surface area contributed by atoms with Gasteiger partial charge in [0.25, 0.3) is 5.91 Å². The van der Waals surface area contributed by atoms with Gasteiger partial charge in [-0.3, -0.25) is 4.79 Å². The molecule has 112 valence electrons. The number of nitrogen functional groups attached to an aromatic ring is 1. The van der Waals surface area contributed by atoms with E-state index in [2.05, 4.69) is 0 Å². The number of amides is 1. The van der Waals surface area contributed by atoms with Gasteiger partial charge in [0, 0.05) is 26.5 Å². The Kier molecular flexibility index (Phi) is 6.78. The minimum absolute atomic E-state index is 0.0988. The highest BCUT2D eigenvalue weighted by atomic mass is 35.5. The van der Waals surface area contributed by atoms with Gasteiger partial charge in [0.05, 0.1) is 29.8 Å². The molecule has 6 heteroatoms. The molecule has 2 N–H and O–H groups in total. The number of anilines is 1. The monoisotopic (exact) mass is 300 g/mol. The lowest BCUT2D eigenvalue weighted by Gasteiger charge is -2.29. The molecule has 1 aromatic rings. The first-order chi connectivity index (χ1) is 9.52. The summed E-state index contributed by atoms with van der Waals surface area (Å²) in [5, 5.41) is 0.349. The molecule has 0 saturated carbocycles. The first-order valence-electron chi connectivity index (χ1n) is 6.35. The number of ether oxygens (including phenoxy) is 2.